The van der Waals surface area contributed by atoms with Gasteiger partial charge >= 0.3 is 0 Å². The summed E-state index contributed by atoms with van der Waals surface area (Å²) >= 11 is 0. The summed E-state index contributed by atoms with van der Waals surface area (Å²) in [4.78, 5) is 12.4. The normalized spacial score (nSPS) is 23.3. The number of carbonyl (C=O) groups excluding carboxylic acids is 1. The molecule has 0 atom stereocenters. The van der Waals surface area contributed by atoms with Crippen molar-refractivity contribution in [2.75, 3.05) is 0 Å². The van der Waals surface area contributed by atoms with Gasteiger partial charge in [-0.25, -0.2) is 4.39 Å². The van der Waals surface area contributed by atoms with E-state index in [0.717, 1.165) is 31.6 Å². The highest BCUT2D eigenvalue weighted by Crippen LogP contribution is 2.33. The van der Waals surface area contributed by atoms with E-state index in [-0.39, 0.29) is 17.5 Å². The smallest absolute Gasteiger partial charge is 0.166 e. The summed E-state index contributed by atoms with van der Waals surface area (Å²) in [6.07, 6.45) is 6.75. The lowest BCUT2D eigenvalue weighted by Gasteiger charge is -2.27. The van der Waals surface area contributed by atoms with Crippen LogP contribution in [0.2, 0.25) is 0 Å². The van der Waals surface area contributed by atoms with E-state index in [1.165, 1.54) is 18.9 Å². The molecule has 0 aliphatic heterocycles. The van der Waals surface area contributed by atoms with E-state index in [1.54, 1.807) is 19.1 Å². The molecule has 1 aliphatic carbocycles. The van der Waals surface area contributed by atoms with Crippen molar-refractivity contribution >= 4 is 5.78 Å². The first kappa shape index (κ1) is 14.2. The zero-order chi connectivity index (χ0) is 13.8. The van der Waals surface area contributed by atoms with Gasteiger partial charge < -0.3 is 0 Å². The van der Waals surface area contributed by atoms with Crippen LogP contribution in [0.15, 0.2) is 18.2 Å². The summed E-state index contributed by atoms with van der Waals surface area (Å²) in [5.74, 6) is 0.762. The highest BCUT2D eigenvalue weighted by atomic mass is 19.1. The molecule has 0 aromatic heterocycles. The molecule has 0 radical (unpaired) electrons. The van der Waals surface area contributed by atoms with E-state index in [0.29, 0.717) is 11.1 Å². The summed E-state index contributed by atoms with van der Waals surface area (Å²) in [7, 11) is 0. The van der Waals surface area contributed by atoms with Gasteiger partial charge in [0.05, 0.1) is 0 Å². The largest absolute Gasteiger partial charge is 0.294 e. The predicted molar refractivity (Wildman–Crippen MR) is 75.8 cm³/mol. The lowest BCUT2D eigenvalue weighted by molar-refractivity contribution is 0.0869. The number of rotatable bonds is 4. The molecule has 2 heteroatoms. The van der Waals surface area contributed by atoms with Crippen LogP contribution >= 0.6 is 0 Å². The van der Waals surface area contributed by atoms with Crippen LogP contribution in [0.3, 0.4) is 0 Å². The number of ketones is 1. The van der Waals surface area contributed by atoms with Crippen molar-refractivity contribution in [3.8, 4) is 0 Å². The molecular formula is C17H23FO. The van der Waals surface area contributed by atoms with Crippen LogP contribution < -0.4 is 0 Å². The monoisotopic (exact) mass is 262 g/mol. The zero-order valence-electron chi connectivity index (χ0n) is 11.9. The average Bonchev–Trinajstić information content (AvgIpc) is 2.42. The maximum atomic E-state index is 13.5. The van der Waals surface area contributed by atoms with Crippen molar-refractivity contribution in [3.05, 3.63) is 35.1 Å². The van der Waals surface area contributed by atoms with E-state index in [4.69, 9.17) is 0 Å². The number of carbonyl (C=O) groups is 1. The lowest BCUT2D eigenvalue weighted by Crippen LogP contribution is -2.22. The van der Waals surface area contributed by atoms with Gasteiger partial charge in [-0.15, -0.1) is 0 Å². The van der Waals surface area contributed by atoms with Crippen LogP contribution in [0, 0.1) is 24.6 Å². The average molecular weight is 262 g/mol. The van der Waals surface area contributed by atoms with Gasteiger partial charge in [-0.1, -0.05) is 31.9 Å². The van der Waals surface area contributed by atoms with Crippen LogP contribution in [0.25, 0.3) is 0 Å². The summed E-state index contributed by atoms with van der Waals surface area (Å²) in [6, 6.07) is 4.86. The van der Waals surface area contributed by atoms with Gasteiger partial charge in [-0.3, -0.25) is 4.79 Å². The van der Waals surface area contributed by atoms with E-state index < -0.39 is 0 Å². The second-order valence-corrected chi connectivity index (χ2v) is 5.83. The quantitative estimate of drug-likeness (QED) is 0.704. The van der Waals surface area contributed by atoms with E-state index in [1.807, 2.05) is 0 Å². The van der Waals surface area contributed by atoms with Crippen LogP contribution in [-0.2, 0) is 0 Å². The van der Waals surface area contributed by atoms with Gasteiger partial charge in [0, 0.05) is 11.5 Å². The number of aryl methyl sites for hydroxylation is 1. The molecule has 19 heavy (non-hydrogen) atoms. The molecule has 2 rings (SSSR count). The molecule has 0 N–H and O–H groups in total. The molecule has 0 amide bonds. The molecule has 1 saturated carbocycles. The minimum Gasteiger partial charge on any atom is -0.294 e. The van der Waals surface area contributed by atoms with E-state index >= 15 is 0 Å². The van der Waals surface area contributed by atoms with Crippen LogP contribution in [0.5, 0.6) is 0 Å². The maximum Gasteiger partial charge on any atom is 0.166 e. The summed E-state index contributed by atoms with van der Waals surface area (Å²) in [5, 5.41) is 0. The molecule has 1 nitrogen and oxygen atoms in total. The van der Waals surface area contributed by atoms with Crippen LogP contribution in [0.1, 0.15) is 61.4 Å². The molecule has 1 aromatic carbocycles. The Labute approximate surface area is 115 Å². The number of hydrogen-bond acceptors (Lipinski definition) is 1. The van der Waals surface area contributed by atoms with E-state index in [2.05, 4.69) is 6.92 Å². The Kier molecular flexibility index (Phi) is 4.73. The molecular weight excluding hydrogens is 239 g/mol. The third-order valence-corrected chi connectivity index (χ3v) is 4.37. The van der Waals surface area contributed by atoms with Gasteiger partial charge in [0.25, 0.3) is 0 Å². The Bertz CT molecular complexity index is 445. The number of hydrogen-bond donors (Lipinski definition) is 0. The highest BCUT2D eigenvalue weighted by molar-refractivity contribution is 5.97. The minimum atomic E-state index is -0.273. The first-order valence-corrected chi connectivity index (χ1v) is 7.42. The molecule has 1 fully saturated rings. The van der Waals surface area contributed by atoms with Crippen LogP contribution in [0.4, 0.5) is 4.39 Å². The molecule has 0 spiro atoms. The van der Waals surface area contributed by atoms with Crippen LogP contribution in [-0.4, -0.2) is 5.78 Å². The fourth-order valence-corrected chi connectivity index (χ4v) is 3.10. The number of Topliss-reactive ketones (excluding diaryl/α,β-unsaturated/α-hetero) is 1. The second kappa shape index (κ2) is 6.31. The van der Waals surface area contributed by atoms with Crippen molar-refractivity contribution in [2.45, 2.75) is 52.4 Å². The van der Waals surface area contributed by atoms with Gasteiger partial charge in [-0.05, 0) is 50.2 Å². The first-order valence-electron chi connectivity index (χ1n) is 7.42. The van der Waals surface area contributed by atoms with Crippen molar-refractivity contribution in [1.82, 2.24) is 0 Å². The molecule has 0 saturated heterocycles. The maximum absolute atomic E-state index is 13.5. The molecule has 0 bridgehead atoms. The molecule has 0 heterocycles. The number of benzene rings is 1. The van der Waals surface area contributed by atoms with Crippen molar-refractivity contribution in [3.63, 3.8) is 0 Å². The Hall–Kier alpha value is -1.18. The summed E-state index contributed by atoms with van der Waals surface area (Å²) in [6.45, 7) is 3.94. The topological polar surface area (TPSA) is 17.1 Å². The lowest BCUT2D eigenvalue weighted by atomic mass is 9.77. The molecule has 1 aromatic rings. The minimum absolute atomic E-state index is 0.107. The van der Waals surface area contributed by atoms with Crippen molar-refractivity contribution in [1.29, 1.82) is 0 Å². The second-order valence-electron chi connectivity index (χ2n) is 5.83. The molecule has 104 valence electrons. The molecule has 1 aliphatic rings. The zero-order valence-corrected chi connectivity index (χ0v) is 11.9. The fourth-order valence-electron chi connectivity index (χ4n) is 3.10. The van der Waals surface area contributed by atoms with E-state index in [9.17, 15) is 9.18 Å². The highest BCUT2D eigenvalue weighted by Gasteiger charge is 2.26. The standard InChI is InChI=1S/C17H23FO/c1-3-4-13-6-9-14(10-7-13)17(19)15-8-5-12(2)16(18)11-15/h5,8,11,13-14H,3-4,6-7,9-10H2,1-2H3. The summed E-state index contributed by atoms with van der Waals surface area (Å²) < 4.78 is 13.5. The van der Waals surface area contributed by atoms with Gasteiger partial charge in [-0.2, -0.15) is 0 Å². The fraction of sp³-hybridized carbons (Fsp3) is 0.588. The van der Waals surface area contributed by atoms with Crippen molar-refractivity contribution in [2.24, 2.45) is 11.8 Å². The molecule has 0 unspecified atom stereocenters. The Morgan fingerprint density at radius 2 is 1.95 bits per heavy atom. The Morgan fingerprint density at radius 1 is 1.26 bits per heavy atom. The van der Waals surface area contributed by atoms with Gasteiger partial charge in [0.2, 0.25) is 0 Å². The first-order chi connectivity index (χ1) is 9.11. The Balaban J connectivity index is 1.99. The predicted octanol–water partition coefficient (Wildman–Crippen LogP) is 4.92. The third kappa shape index (κ3) is 3.43. The summed E-state index contributed by atoms with van der Waals surface area (Å²) in [5.41, 5.74) is 1.14. The van der Waals surface area contributed by atoms with Gasteiger partial charge in [0.1, 0.15) is 5.82 Å². The SMILES string of the molecule is CCCC1CCC(C(=O)c2ccc(C)c(F)c2)CC1. The Morgan fingerprint density at radius 3 is 2.53 bits per heavy atom. The van der Waals surface area contributed by atoms with Crippen molar-refractivity contribution < 1.29 is 9.18 Å². The number of halogens is 1. The third-order valence-electron chi connectivity index (χ3n) is 4.37. The van der Waals surface area contributed by atoms with Gasteiger partial charge in [0.15, 0.2) is 5.78 Å².